The number of rotatable bonds is 7. The number of thiocarbonyl (C=S) groups is 1. The smallest absolute Gasteiger partial charge is 0.387 e. The van der Waals surface area contributed by atoms with Crippen LogP contribution in [0.15, 0.2) is 52.5 Å². The zero-order valence-corrected chi connectivity index (χ0v) is 19.8. The zero-order valence-electron chi connectivity index (χ0n) is 17.4. The van der Waals surface area contributed by atoms with Crippen LogP contribution in [-0.4, -0.2) is 56.5 Å². The first-order chi connectivity index (χ1) is 15.7. The Labute approximate surface area is 200 Å². The van der Waals surface area contributed by atoms with E-state index in [2.05, 4.69) is 20.6 Å². The van der Waals surface area contributed by atoms with Gasteiger partial charge in [-0.25, -0.2) is 8.42 Å². The van der Waals surface area contributed by atoms with E-state index in [1.807, 2.05) is 0 Å². The van der Waals surface area contributed by atoms with Gasteiger partial charge in [0.25, 0.3) is 0 Å². The summed E-state index contributed by atoms with van der Waals surface area (Å²) in [5.74, 6) is -0.0292. The van der Waals surface area contributed by atoms with Gasteiger partial charge in [-0.15, -0.1) is 0 Å². The van der Waals surface area contributed by atoms with Crippen LogP contribution in [0.4, 0.5) is 14.5 Å². The van der Waals surface area contributed by atoms with Crippen LogP contribution in [-0.2, 0) is 14.8 Å². The molecule has 0 radical (unpaired) electrons. The number of hydrogen-bond donors (Lipinski definition) is 2. The maximum atomic E-state index is 12.9. The fourth-order valence-corrected chi connectivity index (χ4v) is 4.76. The molecule has 1 aliphatic rings. The predicted octanol–water partition coefficient (Wildman–Crippen LogP) is 3.67. The second kappa shape index (κ2) is 11.2. The molecule has 3 rings (SSSR count). The number of ether oxygens (including phenoxy) is 2. The summed E-state index contributed by atoms with van der Waals surface area (Å²) in [7, 11) is -3.73. The van der Waals surface area contributed by atoms with Crippen molar-refractivity contribution in [1.29, 1.82) is 0 Å². The van der Waals surface area contributed by atoms with Gasteiger partial charge >= 0.3 is 6.61 Å². The second-order valence-corrected chi connectivity index (χ2v) is 9.55. The standard InChI is InChI=1S/C20H21ClF2N4O4S2/c1-13(15-4-2-3-5-18(15)31-19(22)23)25-26-20(32)24-17-12-14(6-7-16(17)21)33(28,29)27-8-10-30-11-9-27/h2-7,12,19H,8-11H2,1H3,(H2,24,26,32). The molecule has 13 heteroatoms. The lowest BCUT2D eigenvalue weighted by molar-refractivity contribution is -0.0499. The Bertz CT molecular complexity index is 1140. The number of benzene rings is 2. The highest BCUT2D eigenvalue weighted by molar-refractivity contribution is 7.89. The van der Waals surface area contributed by atoms with Gasteiger partial charge in [-0.2, -0.15) is 18.2 Å². The number of nitrogens with zero attached hydrogens (tertiary/aromatic N) is 2. The Hall–Kier alpha value is -2.38. The van der Waals surface area contributed by atoms with Gasteiger partial charge in [-0.05, 0) is 49.5 Å². The fourth-order valence-electron chi connectivity index (χ4n) is 3.01. The van der Waals surface area contributed by atoms with Crippen molar-refractivity contribution in [2.75, 3.05) is 31.6 Å². The highest BCUT2D eigenvalue weighted by Gasteiger charge is 2.27. The van der Waals surface area contributed by atoms with E-state index in [-0.39, 0.29) is 39.6 Å². The van der Waals surface area contributed by atoms with Crippen LogP contribution in [0.5, 0.6) is 5.75 Å². The maximum absolute atomic E-state index is 12.9. The molecule has 0 amide bonds. The average molecular weight is 519 g/mol. The Morgan fingerprint density at radius 3 is 2.64 bits per heavy atom. The molecular formula is C20H21ClF2N4O4S2. The number of para-hydroxylation sites is 1. The number of sulfonamides is 1. The van der Waals surface area contributed by atoms with E-state index in [0.29, 0.717) is 24.5 Å². The van der Waals surface area contributed by atoms with E-state index in [4.69, 9.17) is 28.6 Å². The van der Waals surface area contributed by atoms with Gasteiger partial charge in [0.15, 0.2) is 5.11 Å². The number of alkyl halides is 2. The molecule has 33 heavy (non-hydrogen) atoms. The number of hydrazone groups is 1. The topological polar surface area (TPSA) is 92.3 Å². The molecule has 0 bridgehead atoms. The van der Waals surface area contributed by atoms with Crippen LogP contribution in [0.25, 0.3) is 0 Å². The van der Waals surface area contributed by atoms with Gasteiger partial charge in [-0.1, -0.05) is 23.7 Å². The van der Waals surface area contributed by atoms with E-state index < -0.39 is 16.6 Å². The fraction of sp³-hybridized carbons (Fsp3) is 0.300. The molecule has 1 heterocycles. The monoisotopic (exact) mass is 518 g/mol. The lowest BCUT2D eigenvalue weighted by atomic mass is 10.1. The summed E-state index contributed by atoms with van der Waals surface area (Å²) < 4.78 is 62.1. The van der Waals surface area contributed by atoms with Gasteiger partial charge in [0.05, 0.1) is 34.5 Å². The summed E-state index contributed by atoms with van der Waals surface area (Å²) in [6, 6.07) is 10.4. The molecule has 0 aromatic heterocycles. The summed E-state index contributed by atoms with van der Waals surface area (Å²) in [6.07, 6.45) is 0. The molecule has 2 aromatic rings. The molecule has 1 aliphatic heterocycles. The van der Waals surface area contributed by atoms with Crippen molar-refractivity contribution >= 4 is 50.4 Å². The van der Waals surface area contributed by atoms with Gasteiger partial charge in [-0.3, -0.25) is 5.43 Å². The van der Waals surface area contributed by atoms with Crippen molar-refractivity contribution in [3.63, 3.8) is 0 Å². The zero-order chi connectivity index (χ0) is 24.0. The number of hydrogen-bond acceptors (Lipinski definition) is 6. The van der Waals surface area contributed by atoms with Gasteiger partial charge in [0.2, 0.25) is 10.0 Å². The predicted molar refractivity (Wildman–Crippen MR) is 126 cm³/mol. The quantitative estimate of drug-likeness (QED) is 0.328. The minimum absolute atomic E-state index is 0.0180. The molecule has 0 saturated carbocycles. The van der Waals surface area contributed by atoms with Crippen molar-refractivity contribution in [1.82, 2.24) is 9.73 Å². The summed E-state index contributed by atoms with van der Waals surface area (Å²) in [4.78, 5) is 0.0526. The number of anilines is 1. The summed E-state index contributed by atoms with van der Waals surface area (Å²) in [5.41, 5.74) is 3.54. The molecule has 1 fully saturated rings. The van der Waals surface area contributed by atoms with Crippen LogP contribution in [0, 0.1) is 0 Å². The van der Waals surface area contributed by atoms with Gasteiger partial charge in [0, 0.05) is 18.7 Å². The third-order valence-corrected chi connectivity index (χ3v) is 7.03. The van der Waals surface area contributed by atoms with Crippen LogP contribution in [0.2, 0.25) is 5.02 Å². The van der Waals surface area contributed by atoms with Crippen molar-refractivity contribution in [2.24, 2.45) is 5.10 Å². The normalized spacial score (nSPS) is 15.4. The SMILES string of the molecule is CC(=NNC(=S)Nc1cc(S(=O)(=O)N2CCOCC2)ccc1Cl)c1ccccc1OC(F)F. The first-order valence-electron chi connectivity index (χ1n) is 9.71. The number of nitrogens with one attached hydrogen (secondary N) is 2. The number of halogens is 3. The van der Waals surface area contributed by atoms with Crippen LogP contribution < -0.4 is 15.5 Å². The third kappa shape index (κ3) is 6.58. The third-order valence-electron chi connectivity index (χ3n) is 4.61. The van der Waals surface area contributed by atoms with E-state index in [1.54, 1.807) is 25.1 Å². The highest BCUT2D eigenvalue weighted by Crippen LogP contribution is 2.27. The Balaban J connectivity index is 1.73. The molecule has 0 atom stereocenters. The van der Waals surface area contributed by atoms with E-state index in [1.165, 1.54) is 28.6 Å². The summed E-state index contributed by atoms with van der Waals surface area (Å²) in [6.45, 7) is -0.204. The molecule has 8 nitrogen and oxygen atoms in total. The Kier molecular flexibility index (Phi) is 8.54. The van der Waals surface area contributed by atoms with E-state index in [9.17, 15) is 17.2 Å². The van der Waals surface area contributed by atoms with Gasteiger partial charge in [0.1, 0.15) is 5.75 Å². The number of morpholine rings is 1. The molecule has 2 N–H and O–H groups in total. The summed E-state index contributed by atoms with van der Waals surface area (Å²) >= 11 is 11.4. The first kappa shape index (κ1) is 25.2. The van der Waals surface area contributed by atoms with Gasteiger partial charge < -0.3 is 14.8 Å². The lowest BCUT2D eigenvalue weighted by Gasteiger charge is -2.26. The van der Waals surface area contributed by atoms with Crippen molar-refractivity contribution in [3.8, 4) is 5.75 Å². The lowest BCUT2D eigenvalue weighted by Crippen LogP contribution is -2.40. The van der Waals surface area contributed by atoms with Crippen LogP contribution >= 0.6 is 23.8 Å². The van der Waals surface area contributed by atoms with Crippen molar-refractivity contribution in [2.45, 2.75) is 18.4 Å². The molecule has 1 saturated heterocycles. The van der Waals surface area contributed by atoms with Crippen molar-refractivity contribution < 1.29 is 26.7 Å². The molecule has 0 spiro atoms. The first-order valence-corrected chi connectivity index (χ1v) is 11.9. The van der Waals surface area contributed by atoms with Crippen LogP contribution in [0.1, 0.15) is 12.5 Å². The van der Waals surface area contributed by atoms with Crippen LogP contribution in [0.3, 0.4) is 0 Å². The minimum atomic E-state index is -3.73. The second-order valence-electron chi connectivity index (χ2n) is 6.80. The summed E-state index contributed by atoms with van der Waals surface area (Å²) in [5, 5.41) is 7.15. The van der Waals surface area contributed by atoms with Crippen molar-refractivity contribution in [3.05, 3.63) is 53.1 Å². The molecular weight excluding hydrogens is 498 g/mol. The maximum Gasteiger partial charge on any atom is 0.387 e. The Morgan fingerprint density at radius 1 is 1.24 bits per heavy atom. The molecule has 0 aliphatic carbocycles. The Morgan fingerprint density at radius 2 is 1.94 bits per heavy atom. The largest absolute Gasteiger partial charge is 0.434 e. The molecule has 178 valence electrons. The average Bonchev–Trinajstić information content (AvgIpc) is 2.79. The molecule has 0 unspecified atom stereocenters. The minimum Gasteiger partial charge on any atom is -0.434 e. The van der Waals surface area contributed by atoms with E-state index in [0.717, 1.165) is 0 Å². The molecule has 2 aromatic carbocycles. The highest BCUT2D eigenvalue weighted by atomic mass is 35.5. The van der Waals surface area contributed by atoms with E-state index >= 15 is 0 Å².